The minimum atomic E-state index is 0.367. The van der Waals surface area contributed by atoms with Crippen molar-refractivity contribution < 1.29 is 0 Å². The summed E-state index contributed by atoms with van der Waals surface area (Å²) in [5.41, 5.74) is 6.38. The molecule has 2 aliphatic rings. The van der Waals surface area contributed by atoms with Gasteiger partial charge in [0.1, 0.15) is 0 Å². The second kappa shape index (κ2) is 5.48. The van der Waals surface area contributed by atoms with Crippen LogP contribution in [0.1, 0.15) is 32.1 Å². The van der Waals surface area contributed by atoms with Crippen molar-refractivity contribution in [1.82, 2.24) is 9.80 Å². The molecule has 1 saturated heterocycles. The smallest absolute Gasteiger partial charge is 0.0371 e. The highest BCUT2D eigenvalue weighted by atomic mass is 15.2. The fourth-order valence-electron chi connectivity index (χ4n) is 2.80. The van der Waals surface area contributed by atoms with E-state index in [1.807, 2.05) is 0 Å². The van der Waals surface area contributed by atoms with Gasteiger partial charge in [-0.2, -0.15) is 0 Å². The van der Waals surface area contributed by atoms with Crippen LogP contribution in [0.2, 0.25) is 0 Å². The third kappa shape index (κ3) is 3.44. The van der Waals surface area contributed by atoms with Crippen LogP contribution in [-0.2, 0) is 0 Å². The van der Waals surface area contributed by atoms with Crippen LogP contribution in [0.3, 0.4) is 0 Å². The summed E-state index contributed by atoms with van der Waals surface area (Å²) in [5.74, 6) is 1.01. The molecule has 0 spiro atoms. The topological polar surface area (TPSA) is 32.5 Å². The highest BCUT2D eigenvalue weighted by Crippen LogP contribution is 2.34. The van der Waals surface area contributed by atoms with Crippen LogP contribution in [-0.4, -0.2) is 55.6 Å². The van der Waals surface area contributed by atoms with Gasteiger partial charge in [-0.3, -0.25) is 0 Å². The van der Waals surface area contributed by atoms with Crippen LogP contribution in [0.15, 0.2) is 0 Å². The van der Waals surface area contributed by atoms with Gasteiger partial charge in [0.15, 0.2) is 0 Å². The maximum Gasteiger partial charge on any atom is 0.0371 e. The van der Waals surface area contributed by atoms with Gasteiger partial charge >= 0.3 is 0 Å². The molecule has 1 aliphatic heterocycles. The molecule has 2 rings (SSSR count). The van der Waals surface area contributed by atoms with Gasteiger partial charge < -0.3 is 15.5 Å². The van der Waals surface area contributed by atoms with Crippen LogP contribution in [0.25, 0.3) is 0 Å². The number of nitrogens with two attached hydrogens (primary N) is 1. The Kier molecular flexibility index (Phi) is 4.22. The molecule has 1 heterocycles. The van der Waals surface area contributed by atoms with Crippen molar-refractivity contribution >= 4 is 0 Å². The van der Waals surface area contributed by atoms with Crippen LogP contribution in [0.5, 0.6) is 0 Å². The Morgan fingerprint density at radius 1 is 1.25 bits per heavy atom. The number of rotatable bonds is 4. The van der Waals surface area contributed by atoms with Gasteiger partial charge in [-0.1, -0.05) is 12.8 Å². The van der Waals surface area contributed by atoms with E-state index >= 15 is 0 Å². The molecular formula is C13H27N3. The summed E-state index contributed by atoms with van der Waals surface area (Å²) in [6.45, 7) is 3.56. The summed E-state index contributed by atoms with van der Waals surface area (Å²) in [7, 11) is 4.46. The van der Waals surface area contributed by atoms with Crippen molar-refractivity contribution in [2.24, 2.45) is 11.7 Å². The van der Waals surface area contributed by atoms with E-state index in [4.69, 9.17) is 5.73 Å². The molecule has 1 aliphatic carbocycles. The number of likely N-dealkylation sites (N-methyl/N-ethyl adjacent to an activating group) is 2. The van der Waals surface area contributed by atoms with Crippen LogP contribution in [0.4, 0.5) is 0 Å². The molecule has 1 saturated carbocycles. The van der Waals surface area contributed by atoms with E-state index in [0.29, 0.717) is 12.1 Å². The molecule has 0 radical (unpaired) electrons. The van der Waals surface area contributed by atoms with E-state index in [1.165, 1.54) is 45.2 Å². The molecule has 0 aromatic rings. The molecule has 2 N–H and O–H groups in total. The molecule has 2 fully saturated rings. The van der Waals surface area contributed by atoms with Crippen molar-refractivity contribution in [3.63, 3.8) is 0 Å². The van der Waals surface area contributed by atoms with Gasteiger partial charge in [0.25, 0.3) is 0 Å². The molecule has 0 aromatic carbocycles. The molecule has 0 bridgehead atoms. The first kappa shape index (κ1) is 12.3. The summed E-state index contributed by atoms with van der Waals surface area (Å²) >= 11 is 0. The van der Waals surface area contributed by atoms with E-state index in [9.17, 15) is 0 Å². The van der Waals surface area contributed by atoms with Gasteiger partial charge in [-0.15, -0.1) is 0 Å². The van der Waals surface area contributed by atoms with Gasteiger partial charge in [0.05, 0.1) is 0 Å². The van der Waals surface area contributed by atoms with Crippen molar-refractivity contribution in [2.45, 2.75) is 44.2 Å². The maximum absolute atomic E-state index is 6.38. The lowest BCUT2D eigenvalue weighted by molar-refractivity contribution is 0.189. The third-order valence-corrected chi connectivity index (χ3v) is 4.21. The highest BCUT2D eigenvalue weighted by molar-refractivity contribution is 4.87. The lowest BCUT2D eigenvalue weighted by atomic mass is 10.0. The third-order valence-electron chi connectivity index (χ3n) is 4.21. The summed E-state index contributed by atoms with van der Waals surface area (Å²) < 4.78 is 0. The largest absolute Gasteiger partial charge is 0.326 e. The first-order valence-corrected chi connectivity index (χ1v) is 6.81. The lowest BCUT2D eigenvalue weighted by Crippen LogP contribution is -2.50. The Morgan fingerprint density at radius 3 is 2.69 bits per heavy atom. The Hall–Kier alpha value is -0.120. The monoisotopic (exact) mass is 225 g/mol. The zero-order valence-corrected chi connectivity index (χ0v) is 10.9. The number of hydrogen-bond donors (Lipinski definition) is 1. The number of hydrogen-bond acceptors (Lipinski definition) is 3. The van der Waals surface area contributed by atoms with Crippen LogP contribution in [0, 0.1) is 5.92 Å². The van der Waals surface area contributed by atoms with E-state index in [0.717, 1.165) is 12.5 Å². The fourth-order valence-corrected chi connectivity index (χ4v) is 2.80. The predicted molar refractivity (Wildman–Crippen MR) is 68.5 cm³/mol. The van der Waals surface area contributed by atoms with E-state index in [1.54, 1.807) is 0 Å². The molecule has 0 aromatic heterocycles. The van der Waals surface area contributed by atoms with E-state index in [2.05, 4.69) is 23.9 Å². The Morgan fingerprint density at radius 2 is 2.00 bits per heavy atom. The van der Waals surface area contributed by atoms with Crippen molar-refractivity contribution in [3.8, 4) is 0 Å². The molecule has 0 amide bonds. The summed E-state index contributed by atoms with van der Waals surface area (Å²) in [6.07, 6.45) is 6.75. The minimum Gasteiger partial charge on any atom is -0.326 e. The molecule has 94 valence electrons. The Bertz CT molecular complexity index is 215. The second-order valence-electron chi connectivity index (χ2n) is 5.85. The maximum atomic E-state index is 6.38. The Labute approximate surface area is 100.0 Å². The predicted octanol–water partition coefficient (Wildman–Crippen LogP) is 1.14. The molecule has 16 heavy (non-hydrogen) atoms. The Balaban J connectivity index is 1.82. The average molecular weight is 225 g/mol. The van der Waals surface area contributed by atoms with Gasteiger partial charge in [-0.05, 0) is 52.4 Å². The quantitative estimate of drug-likeness (QED) is 0.779. The second-order valence-corrected chi connectivity index (χ2v) is 5.85. The molecule has 3 heteroatoms. The van der Waals surface area contributed by atoms with Crippen LogP contribution >= 0.6 is 0 Å². The normalized spacial score (nSPS) is 31.3. The average Bonchev–Trinajstić information content (AvgIpc) is 3.05. The van der Waals surface area contributed by atoms with Gasteiger partial charge in [0.2, 0.25) is 0 Å². The molecular weight excluding hydrogens is 198 g/mol. The minimum absolute atomic E-state index is 0.367. The standard InChI is InChI=1S/C13H27N3/c1-15-8-3-9-16(2)13(10-15)12(14)7-6-11-4-5-11/h11-13H,3-10,14H2,1-2H3. The summed E-state index contributed by atoms with van der Waals surface area (Å²) in [4.78, 5) is 4.91. The van der Waals surface area contributed by atoms with Gasteiger partial charge in [0, 0.05) is 18.6 Å². The molecule has 2 atom stereocenters. The number of nitrogens with zero attached hydrogens (tertiary/aromatic N) is 2. The van der Waals surface area contributed by atoms with E-state index < -0.39 is 0 Å². The molecule has 2 unspecified atom stereocenters. The van der Waals surface area contributed by atoms with Crippen molar-refractivity contribution in [2.75, 3.05) is 33.7 Å². The zero-order valence-electron chi connectivity index (χ0n) is 10.9. The first-order valence-electron chi connectivity index (χ1n) is 6.81. The first-order chi connectivity index (χ1) is 7.66. The summed E-state index contributed by atoms with van der Waals surface area (Å²) in [5, 5.41) is 0. The SMILES string of the molecule is CN1CCCN(C)C(C(N)CCC2CC2)C1. The van der Waals surface area contributed by atoms with Gasteiger partial charge in [-0.25, -0.2) is 0 Å². The summed E-state index contributed by atoms with van der Waals surface area (Å²) in [6, 6.07) is 0.928. The fraction of sp³-hybridized carbons (Fsp3) is 1.00. The van der Waals surface area contributed by atoms with Crippen molar-refractivity contribution in [1.29, 1.82) is 0 Å². The lowest BCUT2D eigenvalue weighted by Gasteiger charge is -2.32. The zero-order chi connectivity index (χ0) is 11.5. The van der Waals surface area contributed by atoms with Crippen LogP contribution < -0.4 is 5.73 Å². The molecule has 3 nitrogen and oxygen atoms in total. The highest BCUT2D eigenvalue weighted by Gasteiger charge is 2.28. The van der Waals surface area contributed by atoms with E-state index in [-0.39, 0.29) is 0 Å². The van der Waals surface area contributed by atoms with Crippen molar-refractivity contribution in [3.05, 3.63) is 0 Å².